The van der Waals surface area contributed by atoms with Crippen LogP contribution >= 0.6 is 0 Å². The lowest BCUT2D eigenvalue weighted by Gasteiger charge is -2.17. The second kappa shape index (κ2) is 5.29. The number of rotatable bonds is 3. The van der Waals surface area contributed by atoms with Gasteiger partial charge in [0.15, 0.2) is 0 Å². The molecule has 1 aromatic rings. The number of nitrogens with one attached hydrogen (secondary N) is 1. The first-order chi connectivity index (χ1) is 8.22. The Morgan fingerprint density at radius 3 is 3.06 bits per heavy atom. The Kier molecular flexibility index (Phi) is 3.76. The molecular formula is C13H17NO3. The number of ether oxygens (including phenoxy) is 1. The molecule has 0 aliphatic carbocycles. The molecule has 0 spiro atoms. The van der Waals surface area contributed by atoms with Crippen LogP contribution in [0.2, 0.25) is 0 Å². The van der Waals surface area contributed by atoms with Crippen molar-refractivity contribution in [1.82, 2.24) is 5.32 Å². The molecule has 1 saturated heterocycles. The third-order valence-corrected chi connectivity index (χ3v) is 3.19. The monoisotopic (exact) mass is 235 g/mol. The SMILES string of the molecule is COC(=O)c1cccc(C(O)C2CCNC2)c1. The van der Waals surface area contributed by atoms with Crippen LogP contribution in [0.1, 0.15) is 28.4 Å². The molecule has 17 heavy (non-hydrogen) atoms. The summed E-state index contributed by atoms with van der Waals surface area (Å²) in [5, 5.41) is 13.4. The molecule has 1 aromatic carbocycles. The van der Waals surface area contributed by atoms with Gasteiger partial charge in [0.25, 0.3) is 0 Å². The smallest absolute Gasteiger partial charge is 0.337 e. The Morgan fingerprint density at radius 1 is 1.59 bits per heavy atom. The van der Waals surface area contributed by atoms with Gasteiger partial charge in [-0.2, -0.15) is 0 Å². The molecule has 1 aliphatic rings. The maximum atomic E-state index is 11.4. The standard InChI is InChI=1S/C13H17NO3/c1-17-13(16)10-4-2-3-9(7-10)12(15)11-5-6-14-8-11/h2-4,7,11-12,14-15H,5-6,8H2,1H3. The molecule has 0 saturated carbocycles. The van der Waals surface area contributed by atoms with E-state index >= 15 is 0 Å². The largest absolute Gasteiger partial charge is 0.465 e. The maximum absolute atomic E-state index is 11.4. The molecule has 1 fully saturated rings. The van der Waals surface area contributed by atoms with Crippen molar-refractivity contribution in [2.45, 2.75) is 12.5 Å². The summed E-state index contributed by atoms with van der Waals surface area (Å²) in [6, 6.07) is 7.01. The molecule has 2 N–H and O–H groups in total. The molecule has 0 aromatic heterocycles. The van der Waals surface area contributed by atoms with E-state index in [2.05, 4.69) is 10.1 Å². The number of methoxy groups -OCH3 is 1. The van der Waals surface area contributed by atoms with Gasteiger partial charge in [-0.05, 0) is 30.7 Å². The number of hydrogen-bond acceptors (Lipinski definition) is 4. The number of benzene rings is 1. The lowest BCUT2D eigenvalue weighted by atomic mass is 9.94. The van der Waals surface area contributed by atoms with Gasteiger partial charge in [0.1, 0.15) is 0 Å². The predicted molar refractivity (Wildman–Crippen MR) is 63.7 cm³/mol. The quantitative estimate of drug-likeness (QED) is 0.771. The van der Waals surface area contributed by atoms with Gasteiger partial charge in [-0.15, -0.1) is 0 Å². The summed E-state index contributed by atoms with van der Waals surface area (Å²) in [7, 11) is 1.35. The fraction of sp³-hybridized carbons (Fsp3) is 0.462. The third-order valence-electron chi connectivity index (χ3n) is 3.19. The Morgan fingerprint density at radius 2 is 2.41 bits per heavy atom. The zero-order valence-corrected chi connectivity index (χ0v) is 9.85. The minimum absolute atomic E-state index is 0.225. The van der Waals surface area contributed by atoms with Crippen LogP contribution in [0.5, 0.6) is 0 Å². The van der Waals surface area contributed by atoms with E-state index < -0.39 is 6.10 Å². The van der Waals surface area contributed by atoms with Gasteiger partial charge in [-0.25, -0.2) is 4.79 Å². The molecular weight excluding hydrogens is 218 g/mol. The van der Waals surface area contributed by atoms with Gasteiger partial charge < -0.3 is 15.2 Å². The Labute approximate surface area is 101 Å². The lowest BCUT2D eigenvalue weighted by molar-refractivity contribution is 0.0600. The van der Waals surface area contributed by atoms with Gasteiger partial charge in [0, 0.05) is 12.5 Å². The minimum Gasteiger partial charge on any atom is -0.465 e. The van der Waals surface area contributed by atoms with Crippen molar-refractivity contribution in [2.75, 3.05) is 20.2 Å². The first-order valence-electron chi connectivity index (χ1n) is 5.79. The first-order valence-corrected chi connectivity index (χ1v) is 5.79. The molecule has 0 radical (unpaired) electrons. The number of aliphatic hydroxyl groups excluding tert-OH is 1. The summed E-state index contributed by atoms with van der Waals surface area (Å²) >= 11 is 0. The van der Waals surface area contributed by atoms with E-state index in [4.69, 9.17) is 0 Å². The van der Waals surface area contributed by atoms with E-state index in [1.807, 2.05) is 6.07 Å². The van der Waals surface area contributed by atoms with Crippen LogP contribution in [0.3, 0.4) is 0 Å². The molecule has 2 rings (SSSR count). The molecule has 1 heterocycles. The maximum Gasteiger partial charge on any atom is 0.337 e. The van der Waals surface area contributed by atoms with Crippen LogP contribution in [-0.4, -0.2) is 31.3 Å². The van der Waals surface area contributed by atoms with Crippen molar-refractivity contribution in [3.05, 3.63) is 35.4 Å². The van der Waals surface area contributed by atoms with Crippen molar-refractivity contribution in [1.29, 1.82) is 0 Å². The van der Waals surface area contributed by atoms with Gasteiger partial charge in [-0.3, -0.25) is 0 Å². The van der Waals surface area contributed by atoms with Crippen molar-refractivity contribution in [3.63, 3.8) is 0 Å². The minimum atomic E-state index is -0.519. The average molecular weight is 235 g/mol. The van der Waals surface area contributed by atoms with Crippen molar-refractivity contribution in [3.8, 4) is 0 Å². The highest BCUT2D eigenvalue weighted by Gasteiger charge is 2.24. The zero-order valence-electron chi connectivity index (χ0n) is 9.85. The van der Waals surface area contributed by atoms with Crippen molar-refractivity contribution in [2.24, 2.45) is 5.92 Å². The zero-order chi connectivity index (χ0) is 12.3. The Hall–Kier alpha value is -1.39. The number of carbonyl (C=O) groups excluding carboxylic acids is 1. The highest BCUT2D eigenvalue weighted by molar-refractivity contribution is 5.89. The number of aliphatic hydroxyl groups is 1. The number of esters is 1. The average Bonchev–Trinajstić information content (AvgIpc) is 2.91. The molecule has 2 unspecified atom stereocenters. The van der Waals surface area contributed by atoms with Gasteiger partial charge in [0.2, 0.25) is 0 Å². The summed E-state index contributed by atoms with van der Waals surface area (Å²) < 4.78 is 4.66. The third kappa shape index (κ3) is 2.65. The topological polar surface area (TPSA) is 58.6 Å². The summed E-state index contributed by atoms with van der Waals surface area (Å²) in [4.78, 5) is 11.4. The van der Waals surface area contributed by atoms with Crippen LogP contribution in [0.15, 0.2) is 24.3 Å². The van der Waals surface area contributed by atoms with Crippen LogP contribution in [0, 0.1) is 5.92 Å². The fourth-order valence-corrected chi connectivity index (χ4v) is 2.19. The van der Waals surface area contributed by atoms with Crippen LogP contribution in [-0.2, 0) is 4.74 Å². The molecule has 1 aliphatic heterocycles. The molecule has 92 valence electrons. The van der Waals surface area contributed by atoms with E-state index in [1.54, 1.807) is 18.2 Å². The molecule has 4 nitrogen and oxygen atoms in total. The van der Waals surface area contributed by atoms with E-state index in [1.165, 1.54) is 7.11 Å². The Balaban J connectivity index is 2.17. The fourth-order valence-electron chi connectivity index (χ4n) is 2.19. The van der Waals surface area contributed by atoms with E-state index in [-0.39, 0.29) is 11.9 Å². The van der Waals surface area contributed by atoms with Crippen LogP contribution < -0.4 is 5.32 Å². The lowest BCUT2D eigenvalue weighted by Crippen LogP contribution is -2.16. The molecule has 0 amide bonds. The second-order valence-corrected chi connectivity index (χ2v) is 4.31. The van der Waals surface area contributed by atoms with Crippen molar-refractivity contribution >= 4 is 5.97 Å². The highest BCUT2D eigenvalue weighted by Crippen LogP contribution is 2.27. The van der Waals surface area contributed by atoms with E-state index in [0.717, 1.165) is 25.1 Å². The van der Waals surface area contributed by atoms with E-state index in [0.29, 0.717) is 5.56 Å². The van der Waals surface area contributed by atoms with Gasteiger partial charge >= 0.3 is 5.97 Å². The number of carbonyl (C=O) groups is 1. The Bertz CT molecular complexity index is 399. The second-order valence-electron chi connectivity index (χ2n) is 4.31. The van der Waals surface area contributed by atoms with Crippen molar-refractivity contribution < 1.29 is 14.6 Å². The first kappa shape index (κ1) is 12.1. The van der Waals surface area contributed by atoms with Gasteiger partial charge in [0.05, 0.1) is 18.8 Å². The van der Waals surface area contributed by atoms with Crippen LogP contribution in [0.4, 0.5) is 0 Å². The van der Waals surface area contributed by atoms with Crippen LogP contribution in [0.25, 0.3) is 0 Å². The van der Waals surface area contributed by atoms with E-state index in [9.17, 15) is 9.90 Å². The molecule has 2 atom stereocenters. The normalized spacial score (nSPS) is 21.2. The summed E-state index contributed by atoms with van der Waals surface area (Å²) in [5.41, 5.74) is 1.26. The summed E-state index contributed by atoms with van der Waals surface area (Å²) in [6.45, 7) is 1.77. The molecule has 4 heteroatoms. The predicted octanol–water partition coefficient (Wildman–Crippen LogP) is 1.12. The highest BCUT2D eigenvalue weighted by atomic mass is 16.5. The summed E-state index contributed by atoms with van der Waals surface area (Å²) in [5.74, 6) is -0.147. The van der Waals surface area contributed by atoms with Gasteiger partial charge in [-0.1, -0.05) is 12.1 Å². The summed E-state index contributed by atoms with van der Waals surface area (Å²) in [6.07, 6.45) is 0.443. The molecule has 0 bridgehead atoms. The number of hydrogen-bond donors (Lipinski definition) is 2.